The van der Waals surface area contributed by atoms with Crippen LogP contribution in [0.1, 0.15) is 24.8 Å². The number of nitriles is 1. The van der Waals surface area contributed by atoms with Crippen molar-refractivity contribution in [2.75, 3.05) is 51.2 Å². The van der Waals surface area contributed by atoms with Crippen LogP contribution in [0.3, 0.4) is 0 Å². The normalized spacial score (nSPS) is 19.7. The average Bonchev–Trinajstić information content (AvgIpc) is 2.63. The van der Waals surface area contributed by atoms with Gasteiger partial charge in [0, 0.05) is 45.7 Å². The molecule has 134 valence electrons. The molecule has 0 aromatic heterocycles. The van der Waals surface area contributed by atoms with Gasteiger partial charge in [0.25, 0.3) is 0 Å². The molecule has 0 spiro atoms. The van der Waals surface area contributed by atoms with E-state index < -0.39 is 0 Å². The molecule has 2 aliphatic heterocycles. The van der Waals surface area contributed by atoms with E-state index in [4.69, 9.17) is 0 Å². The van der Waals surface area contributed by atoms with E-state index in [1.807, 2.05) is 4.90 Å². The topological polar surface area (TPSA) is 50.6 Å². The van der Waals surface area contributed by atoms with Crippen LogP contribution in [-0.2, 0) is 4.79 Å². The fourth-order valence-corrected chi connectivity index (χ4v) is 3.68. The van der Waals surface area contributed by atoms with Crippen LogP contribution in [0.5, 0.6) is 0 Å². The molecule has 0 N–H and O–H groups in total. The fraction of sp³-hybridized carbons (Fsp3) is 0.579. The minimum absolute atomic E-state index is 0.269. The second-order valence-corrected chi connectivity index (χ2v) is 7.09. The fourth-order valence-electron chi connectivity index (χ4n) is 3.68. The molecular formula is C19H25FN4O. The Labute approximate surface area is 148 Å². The smallest absolute Gasteiger partial charge is 0.222 e. The minimum Gasteiger partial charge on any atom is -0.370 e. The van der Waals surface area contributed by atoms with Crippen LogP contribution in [0.4, 0.5) is 10.1 Å². The van der Waals surface area contributed by atoms with E-state index in [9.17, 15) is 14.4 Å². The quantitative estimate of drug-likeness (QED) is 0.842. The highest BCUT2D eigenvalue weighted by Crippen LogP contribution is 2.28. The zero-order valence-corrected chi connectivity index (χ0v) is 14.7. The van der Waals surface area contributed by atoms with Gasteiger partial charge in [0.2, 0.25) is 5.91 Å². The van der Waals surface area contributed by atoms with E-state index in [0.717, 1.165) is 57.8 Å². The van der Waals surface area contributed by atoms with Gasteiger partial charge in [0.05, 0.1) is 11.3 Å². The monoisotopic (exact) mass is 344 g/mol. The van der Waals surface area contributed by atoms with Gasteiger partial charge in [-0.1, -0.05) is 0 Å². The maximum atomic E-state index is 13.3. The molecule has 5 nitrogen and oxygen atoms in total. The molecule has 0 atom stereocenters. The summed E-state index contributed by atoms with van der Waals surface area (Å²) in [4.78, 5) is 18.8. The molecule has 6 heteroatoms. The number of amides is 1. The molecule has 2 heterocycles. The van der Waals surface area contributed by atoms with Crippen molar-refractivity contribution in [3.05, 3.63) is 29.6 Å². The number of nitrogens with zero attached hydrogens (tertiary/aromatic N) is 4. The van der Waals surface area contributed by atoms with Crippen LogP contribution < -0.4 is 4.90 Å². The summed E-state index contributed by atoms with van der Waals surface area (Å²) in [6.07, 6.45) is 2.48. The number of likely N-dealkylation sites (N-methyl/N-ethyl adjacent to an activating group) is 1. The maximum absolute atomic E-state index is 13.3. The maximum Gasteiger partial charge on any atom is 0.222 e. The van der Waals surface area contributed by atoms with Gasteiger partial charge in [0.1, 0.15) is 11.9 Å². The third-order valence-corrected chi connectivity index (χ3v) is 5.35. The third-order valence-electron chi connectivity index (χ3n) is 5.35. The molecule has 1 amide bonds. The number of benzene rings is 1. The number of halogens is 1. The second kappa shape index (κ2) is 7.83. The van der Waals surface area contributed by atoms with Crippen molar-refractivity contribution in [3.8, 4) is 6.07 Å². The Balaban J connectivity index is 1.52. The van der Waals surface area contributed by atoms with E-state index in [1.54, 1.807) is 6.07 Å². The molecule has 3 rings (SSSR count). The molecule has 0 unspecified atom stereocenters. The van der Waals surface area contributed by atoms with Crippen LogP contribution >= 0.6 is 0 Å². The Morgan fingerprint density at radius 3 is 2.52 bits per heavy atom. The lowest BCUT2D eigenvalue weighted by molar-refractivity contribution is -0.133. The number of anilines is 1. The molecule has 25 heavy (non-hydrogen) atoms. The summed E-state index contributed by atoms with van der Waals surface area (Å²) in [6.45, 7) is 5.17. The first-order valence-corrected chi connectivity index (χ1v) is 8.97. The highest BCUT2D eigenvalue weighted by atomic mass is 19.1. The molecule has 2 fully saturated rings. The summed E-state index contributed by atoms with van der Waals surface area (Å²) in [5.41, 5.74) is 1.18. The van der Waals surface area contributed by atoms with Gasteiger partial charge in [0.15, 0.2) is 0 Å². The summed E-state index contributed by atoms with van der Waals surface area (Å²) in [5, 5.41) is 9.21. The summed E-state index contributed by atoms with van der Waals surface area (Å²) < 4.78 is 13.3. The number of hydrogen-bond acceptors (Lipinski definition) is 4. The van der Waals surface area contributed by atoms with Crippen molar-refractivity contribution >= 4 is 11.6 Å². The predicted molar refractivity (Wildman–Crippen MR) is 94.7 cm³/mol. The largest absolute Gasteiger partial charge is 0.370 e. The Hall–Kier alpha value is -2.13. The van der Waals surface area contributed by atoms with Gasteiger partial charge >= 0.3 is 0 Å². The SMILES string of the molecule is CN1CCN(C(=O)CC2CCN(c3ccc(F)cc3C#N)CC2)CC1. The van der Waals surface area contributed by atoms with Crippen molar-refractivity contribution in [1.29, 1.82) is 5.26 Å². The zero-order valence-electron chi connectivity index (χ0n) is 14.7. The molecule has 0 saturated carbocycles. The van der Waals surface area contributed by atoms with Gasteiger partial charge < -0.3 is 14.7 Å². The van der Waals surface area contributed by atoms with Crippen LogP contribution in [0.25, 0.3) is 0 Å². The summed E-state index contributed by atoms with van der Waals surface area (Å²) >= 11 is 0. The Bertz CT molecular complexity index is 656. The average molecular weight is 344 g/mol. The Morgan fingerprint density at radius 2 is 1.88 bits per heavy atom. The van der Waals surface area contributed by atoms with Crippen LogP contribution in [0.2, 0.25) is 0 Å². The molecule has 0 aliphatic carbocycles. The van der Waals surface area contributed by atoms with Crippen molar-refractivity contribution in [2.45, 2.75) is 19.3 Å². The van der Waals surface area contributed by atoms with E-state index >= 15 is 0 Å². The minimum atomic E-state index is -0.382. The molecule has 2 saturated heterocycles. The Kier molecular flexibility index (Phi) is 5.54. The van der Waals surface area contributed by atoms with E-state index in [1.165, 1.54) is 12.1 Å². The highest BCUT2D eigenvalue weighted by Gasteiger charge is 2.26. The van der Waals surface area contributed by atoms with Gasteiger partial charge in [-0.25, -0.2) is 4.39 Å². The predicted octanol–water partition coefficient (Wildman–Crippen LogP) is 2.08. The number of carbonyl (C=O) groups is 1. The van der Waals surface area contributed by atoms with Gasteiger partial charge in [-0.2, -0.15) is 5.26 Å². The molecular weight excluding hydrogens is 319 g/mol. The number of hydrogen-bond donors (Lipinski definition) is 0. The summed E-state index contributed by atoms with van der Waals surface area (Å²) in [6, 6.07) is 6.45. The zero-order chi connectivity index (χ0) is 17.8. The standard InChI is InChI=1S/C19H25FN4O/c1-22-8-10-24(11-9-22)19(25)12-15-4-6-23(7-5-15)18-3-2-17(20)13-16(18)14-21/h2-3,13,15H,4-12H2,1H3. The molecule has 1 aromatic rings. The molecule has 0 bridgehead atoms. The second-order valence-electron chi connectivity index (χ2n) is 7.09. The summed E-state index contributed by atoms with van der Waals surface area (Å²) in [5.74, 6) is 0.286. The first kappa shape index (κ1) is 17.7. The highest BCUT2D eigenvalue weighted by molar-refractivity contribution is 5.76. The lowest BCUT2D eigenvalue weighted by atomic mass is 9.92. The number of piperazine rings is 1. The molecule has 2 aliphatic rings. The van der Waals surface area contributed by atoms with Crippen LogP contribution in [0.15, 0.2) is 18.2 Å². The molecule has 1 aromatic carbocycles. The van der Waals surface area contributed by atoms with Crippen molar-refractivity contribution in [2.24, 2.45) is 5.92 Å². The Morgan fingerprint density at radius 1 is 1.20 bits per heavy atom. The van der Waals surface area contributed by atoms with Crippen LogP contribution in [-0.4, -0.2) is 62.0 Å². The van der Waals surface area contributed by atoms with Gasteiger partial charge in [-0.15, -0.1) is 0 Å². The van der Waals surface area contributed by atoms with Crippen molar-refractivity contribution < 1.29 is 9.18 Å². The lowest BCUT2D eigenvalue weighted by Crippen LogP contribution is -2.47. The number of carbonyl (C=O) groups excluding carboxylic acids is 1. The van der Waals surface area contributed by atoms with Crippen LogP contribution in [0, 0.1) is 23.1 Å². The number of rotatable bonds is 3. The van der Waals surface area contributed by atoms with Gasteiger partial charge in [-0.3, -0.25) is 4.79 Å². The number of piperidine rings is 1. The molecule has 0 radical (unpaired) electrons. The van der Waals surface area contributed by atoms with Crippen molar-refractivity contribution in [3.63, 3.8) is 0 Å². The third kappa shape index (κ3) is 4.29. The van der Waals surface area contributed by atoms with E-state index in [2.05, 4.69) is 22.9 Å². The van der Waals surface area contributed by atoms with Crippen molar-refractivity contribution in [1.82, 2.24) is 9.80 Å². The first-order chi connectivity index (χ1) is 12.1. The first-order valence-electron chi connectivity index (χ1n) is 8.97. The lowest BCUT2D eigenvalue weighted by Gasteiger charge is -2.36. The van der Waals surface area contributed by atoms with E-state index in [-0.39, 0.29) is 11.7 Å². The summed E-state index contributed by atoms with van der Waals surface area (Å²) in [7, 11) is 2.09. The van der Waals surface area contributed by atoms with Gasteiger partial charge in [-0.05, 0) is 44.0 Å². The van der Waals surface area contributed by atoms with E-state index in [0.29, 0.717) is 17.9 Å².